The van der Waals surface area contributed by atoms with Gasteiger partial charge in [0.1, 0.15) is 0 Å². The minimum Gasteiger partial charge on any atom is -0.366 e. The van der Waals surface area contributed by atoms with Crippen LogP contribution in [0.15, 0.2) is 12.1 Å². The molecule has 0 radical (unpaired) electrons. The SMILES string of the molecule is NC(=O)c1cc(Cl)cc(Cl)c1C1CC1N. The van der Waals surface area contributed by atoms with Gasteiger partial charge in [0.25, 0.3) is 0 Å². The van der Waals surface area contributed by atoms with E-state index in [1.165, 1.54) is 6.07 Å². The number of hydrogen-bond donors (Lipinski definition) is 2. The van der Waals surface area contributed by atoms with Gasteiger partial charge in [0.15, 0.2) is 0 Å². The fourth-order valence-electron chi connectivity index (χ4n) is 1.71. The molecule has 2 atom stereocenters. The first-order valence-corrected chi connectivity index (χ1v) is 5.30. The molecule has 15 heavy (non-hydrogen) atoms. The zero-order valence-corrected chi connectivity index (χ0v) is 9.35. The first kappa shape index (κ1) is 10.7. The molecule has 1 fully saturated rings. The van der Waals surface area contributed by atoms with Crippen molar-refractivity contribution in [2.75, 3.05) is 0 Å². The Hall–Kier alpha value is -0.770. The van der Waals surface area contributed by atoms with Gasteiger partial charge in [0.2, 0.25) is 5.91 Å². The molecule has 5 heteroatoms. The number of primary amides is 1. The number of halogens is 2. The van der Waals surface area contributed by atoms with E-state index in [0.29, 0.717) is 15.6 Å². The summed E-state index contributed by atoms with van der Waals surface area (Å²) in [4.78, 5) is 11.2. The van der Waals surface area contributed by atoms with Crippen molar-refractivity contribution in [1.82, 2.24) is 0 Å². The molecule has 0 spiro atoms. The van der Waals surface area contributed by atoms with Crippen molar-refractivity contribution < 1.29 is 4.79 Å². The maximum Gasteiger partial charge on any atom is 0.249 e. The Kier molecular flexibility index (Phi) is 2.63. The summed E-state index contributed by atoms with van der Waals surface area (Å²) in [6.45, 7) is 0. The third-order valence-electron chi connectivity index (χ3n) is 2.57. The van der Waals surface area contributed by atoms with Crippen molar-refractivity contribution in [2.24, 2.45) is 11.5 Å². The molecular formula is C10H10Cl2N2O. The molecule has 3 nitrogen and oxygen atoms in total. The molecule has 0 aromatic heterocycles. The topological polar surface area (TPSA) is 69.1 Å². The molecule has 1 aromatic rings. The molecule has 4 N–H and O–H groups in total. The van der Waals surface area contributed by atoms with Gasteiger partial charge in [0.05, 0.1) is 0 Å². The fourth-order valence-corrected chi connectivity index (χ4v) is 2.35. The van der Waals surface area contributed by atoms with Gasteiger partial charge in [-0.25, -0.2) is 0 Å². The molecule has 1 aromatic carbocycles. The Balaban J connectivity index is 2.55. The van der Waals surface area contributed by atoms with Crippen LogP contribution >= 0.6 is 23.2 Å². The minimum atomic E-state index is -0.520. The maximum atomic E-state index is 11.2. The monoisotopic (exact) mass is 244 g/mol. The molecule has 0 saturated heterocycles. The van der Waals surface area contributed by atoms with Gasteiger partial charge in [-0.2, -0.15) is 0 Å². The fraction of sp³-hybridized carbons (Fsp3) is 0.300. The second kappa shape index (κ2) is 3.67. The normalized spacial score (nSPS) is 23.9. The number of hydrogen-bond acceptors (Lipinski definition) is 2. The Morgan fingerprint density at radius 1 is 1.40 bits per heavy atom. The Bertz CT molecular complexity index is 434. The van der Waals surface area contributed by atoms with E-state index in [1.54, 1.807) is 6.07 Å². The third-order valence-corrected chi connectivity index (χ3v) is 3.10. The summed E-state index contributed by atoms with van der Waals surface area (Å²) < 4.78 is 0. The summed E-state index contributed by atoms with van der Waals surface area (Å²) >= 11 is 11.8. The van der Waals surface area contributed by atoms with E-state index in [-0.39, 0.29) is 12.0 Å². The first-order chi connectivity index (χ1) is 7.00. The van der Waals surface area contributed by atoms with E-state index in [1.807, 2.05) is 0 Å². The Morgan fingerprint density at radius 2 is 2.00 bits per heavy atom. The van der Waals surface area contributed by atoms with E-state index in [4.69, 9.17) is 34.7 Å². The summed E-state index contributed by atoms with van der Waals surface area (Å²) in [5.41, 5.74) is 12.1. The van der Waals surface area contributed by atoms with Crippen LogP contribution in [-0.2, 0) is 0 Å². The van der Waals surface area contributed by atoms with Gasteiger partial charge in [-0.3, -0.25) is 4.79 Å². The molecule has 1 aliphatic carbocycles. The molecule has 80 valence electrons. The third kappa shape index (κ3) is 1.95. The zero-order chi connectivity index (χ0) is 11.2. The van der Waals surface area contributed by atoms with Crippen LogP contribution in [0, 0.1) is 0 Å². The van der Waals surface area contributed by atoms with Crippen molar-refractivity contribution in [3.63, 3.8) is 0 Å². The number of carbonyl (C=O) groups is 1. The van der Waals surface area contributed by atoms with Crippen LogP contribution in [-0.4, -0.2) is 11.9 Å². The van der Waals surface area contributed by atoms with Crippen molar-refractivity contribution in [1.29, 1.82) is 0 Å². The lowest BCUT2D eigenvalue weighted by Crippen LogP contribution is -2.15. The molecule has 1 aliphatic rings. The molecular weight excluding hydrogens is 235 g/mol. The van der Waals surface area contributed by atoms with Gasteiger partial charge in [-0.15, -0.1) is 0 Å². The quantitative estimate of drug-likeness (QED) is 0.835. The number of nitrogens with two attached hydrogens (primary N) is 2. The smallest absolute Gasteiger partial charge is 0.249 e. The molecule has 0 aliphatic heterocycles. The van der Waals surface area contributed by atoms with Gasteiger partial charge >= 0.3 is 0 Å². The van der Waals surface area contributed by atoms with Crippen LogP contribution < -0.4 is 11.5 Å². The van der Waals surface area contributed by atoms with E-state index < -0.39 is 5.91 Å². The first-order valence-electron chi connectivity index (χ1n) is 4.55. The number of amides is 1. The summed E-state index contributed by atoms with van der Waals surface area (Å²) in [7, 11) is 0. The van der Waals surface area contributed by atoms with Crippen molar-refractivity contribution in [3.05, 3.63) is 33.3 Å². The van der Waals surface area contributed by atoms with E-state index >= 15 is 0 Å². The molecule has 2 rings (SSSR count). The van der Waals surface area contributed by atoms with Gasteiger partial charge in [0, 0.05) is 27.6 Å². The second-order valence-electron chi connectivity index (χ2n) is 3.72. The van der Waals surface area contributed by atoms with Crippen molar-refractivity contribution in [3.8, 4) is 0 Å². The second-order valence-corrected chi connectivity index (χ2v) is 4.56. The number of rotatable bonds is 2. The standard InChI is InChI=1S/C10H10Cl2N2O/c11-4-1-6(10(14)15)9(7(12)2-4)5-3-8(5)13/h1-2,5,8H,3,13H2,(H2,14,15). The minimum absolute atomic E-state index is 0.0711. The Morgan fingerprint density at radius 3 is 2.47 bits per heavy atom. The zero-order valence-electron chi connectivity index (χ0n) is 7.84. The average Bonchev–Trinajstić information content (AvgIpc) is 2.80. The number of benzene rings is 1. The van der Waals surface area contributed by atoms with Gasteiger partial charge < -0.3 is 11.5 Å². The van der Waals surface area contributed by atoms with E-state index in [9.17, 15) is 4.79 Å². The van der Waals surface area contributed by atoms with Crippen LogP contribution in [0.4, 0.5) is 0 Å². The van der Waals surface area contributed by atoms with Crippen LogP contribution in [0.5, 0.6) is 0 Å². The average molecular weight is 245 g/mol. The van der Waals surface area contributed by atoms with Crippen molar-refractivity contribution in [2.45, 2.75) is 18.4 Å². The molecule has 1 saturated carbocycles. The van der Waals surface area contributed by atoms with E-state index in [2.05, 4.69) is 0 Å². The van der Waals surface area contributed by atoms with Crippen LogP contribution in [0.25, 0.3) is 0 Å². The molecule has 0 bridgehead atoms. The predicted molar refractivity (Wildman–Crippen MR) is 60.3 cm³/mol. The summed E-state index contributed by atoms with van der Waals surface area (Å²) in [5.74, 6) is -0.384. The summed E-state index contributed by atoms with van der Waals surface area (Å²) in [5, 5.41) is 0.876. The lowest BCUT2D eigenvalue weighted by molar-refractivity contribution is 0.0999. The lowest BCUT2D eigenvalue weighted by atomic mass is 10.0. The highest BCUT2D eigenvalue weighted by molar-refractivity contribution is 6.36. The predicted octanol–water partition coefficient (Wildman–Crippen LogP) is 1.91. The van der Waals surface area contributed by atoms with Crippen LogP contribution in [0.1, 0.15) is 28.3 Å². The highest BCUT2D eigenvalue weighted by Crippen LogP contribution is 2.44. The van der Waals surface area contributed by atoms with Gasteiger partial charge in [-0.05, 0) is 24.1 Å². The molecule has 2 unspecified atom stereocenters. The van der Waals surface area contributed by atoms with Crippen LogP contribution in [0.3, 0.4) is 0 Å². The largest absolute Gasteiger partial charge is 0.366 e. The summed E-state index contributed by atoms with van der Waals surface area (Å²) in [6.07, 6.45) is 0.835. The highest BCUT2D eigenvalue weighted by Gasteiger charge is 2.38. The van der Waals surface area contributed by atoms with Crippen molar-refractivity contribution >= 4 is 29.1 Å². The molecule has 1 amide bonds. The van der Waals surface area contributed by atoms with Crippen LogP contribution in [0.2, 0.25) is 10.0 Å². The maximum absolute atomic E-state index is 11.2. The number of carbonyl (C=O) groups excluding carboxylic acids is 1. The Labute approximate surface area is 97.3 Å². The molecule has 0 heterocycles. The summed E-state index contributed by atoms with van der Waals surface area (Å²) in [6, 6.07) is 3.22. The highest BCUT2D eigenvalue weighted by atomic mass is 35.5. The van der Waals surface area contributed by atoms with Gasteiger partial charge in [-0.1, -0.05) is 23.2 Å². The lowest BCUT2D eigenvalue weighted by Gasteiger charge is -2.08. The van der Waals surface area contributed by atoms with E-state index in [0.717, 1.165) is 12.0 Å².